The maximum atomic E-state index is 3.61. The summed E-state index contributed by atoms with van der Waals surface area (Å²) in [7, 11) is 0. The Balaban J connectivity index is 1.57. The smallest absolute Gasteiger partial charge is 0.00143 e. The summed E-state index contributed by atoms with van der Waals surface area (Å²) in [5, 5.41) is 3.61. The van der Waals surface area contributed by atoms with Gasteiger partial charge in [-0.2, -0.15) is 0 Å². The van der Waals surface area contributed by atoms with Gasteiger partial charge in [0.25, 0.3) is 0 Å². The van der Waals surface area contributed by atoms with Crippen molar-refractivity contribution in [1.29, 1.82) is 0 Å². The lowest BCUT2D eigenvalue weighted by Gasteiger charge is -2.09. The molecule has 98 valence electrons. The van der Waals surface area contributed by atoms with Crippen LogP contribution in [-0.2, 0) is 0 Å². The molecule has 0 amide bonds. The first-order valence-electron chi connectivity index (χ1n) is 7.55. The summed E-state index contributed by atoms with van der Waals surface area (Å²) < 4.78 is 0. The molecule has 2 saturated carbocycles. The number of hydrogen-bond acceptors (Lipinski definition) is 1. The number of benzene rings is 1. The molecule has 1 heteroatoms. The summed E-state index contributed by atoms with van der Waals surface area (Å²) in [6, 6.07) is 9.17. The van der Waals surface area contributed by atoms with E-state index in [9.17, 15) is 0 Å². The van der Waals surface area contributed by atoms with Gasteiger partial charge in [0.05, 0.1) is 0 Å². The molecular weight excluding hydrogens is 218 g/mol. The van der Waals surface area contributed by atoms with Crippen LogP contribution in [0.4, 0.5) is 0 Å². The van der Waals surface area contributed by atoms with E-state index in [1.165, 1.54) is 25.8 Å². The van der Waals surface area contributed by atoms with Gasteiger partial charge >= 0.3 is 0 Å². The first kappa shape index (κ1) is 12.2. The van der Waals surface area contributed by atoms with Crippen LogP contribution in [0.5, 0.6) is 0 Å². The summed E-state index contributed by atoms with van der Waals surface area (Å²) in [6.45, 7) is 6.93. The molecule has 1 aromatic carbocycles. The lowest BCUT2D eigenvalue weighted by Crippen LogP contribution is -2.22. The topological polar surface area (TPSA) is 12.0 Å². The second kappa shape index (κ2) is 5.05. The molecule has 0 saturated heterocycles. The molecule has 2 aliphatic carbocycles. The van der Waals surface area contributed by atoms with E-state index in [0.717, 1.165) is 30.2 Å². The predicted octanol–water partition coefficient (Wildman–Crippen LogP) is 3.91. The Morgan fingerprint density at radius 3 is 2.56 bits per heavy atom. The number of rotatable bonds is 6. The van der Waals surface area contributed by atoms with Crippen LogP contribution in [-0.4, -0.2) is 13.1 Å². The molecule has 0 aliphatic heterocycles. The van der Waals surface area contributed by atoms with E-state index in [4.69, 9.17) is 0 Å². The highest BCUT2D eigenvalue weighted by Gasteiger charge is 2.40. The lowest BCUT2D eigenvalue weighted by molar-refractivity contribution is 0.532. The molecular formula is C17H25N. The maximum Gasteiger partial charge on any atom is -0.00143 e. The normalized spacial score (nSPS) is 26.6. The third-order valence-corrected chi connectivity index (χ3v) is 4.29. The molecule has 3 rings (SSSR count). The summed E-state index contributed by atoms with van der Waals surface area (Å²) in [4.78, 5) is 0. The zero-order valence-corrected chi connectivity index (χ0v) is 11.7. The van der Waals surface area contributed by atoms with Crippen LogP contribution in [0.3, 0.4) is 0 Å². The molecule has 0 radical (unpaired) electrons. The molecule has 2 aliphatic rings. The van der Waals surface area contributed by atoms with E-state index in [1.54, 1.807) is 11.1 Å². The van der Waals surface area contributed by atoms with Gasteiger partial charge in [0.2, 0.25) is 0 Å². The van der Waals surface area contributed by atoms with Crippen molar-refractivity contribution in [2.45, 2.75) is 44.9 Å². The van der Waals surface area contributed by atoms with Crippen LogP contribution in [0, 0.1) is 11.8 Å². The summed E-state index contributed by atoms with van der Waals surface area (Å²) >= 11 is 0. The Morgan fingerprint density at radius 1 is 1.17 bits per heavy atom. The van der Waals surface area contributed by atoms with E-state index in [2.05, 4.69) is 43.4 Å². The van der Waals surface area contributed by atoms with Gasteiger partial charge in [-0.25, -0.2) is 0 Å². The Morgan fingerprint density at radius 2 is 1.89 bits per heavy atom. The minimum atomic E-state index is 0.765. The molecule has 0 spiro atoms. The van der Waals surface area contributed by atoms with Crippen molar-refractivity contribution in [3.8, 4) is 0 Å². The SMILES string of the molecule is CC(C)CNCC1CC1c1ccccc1C1CC1. The minimum absolute atomic E-state index is 0.765. The second-order valence-corrected chi connectivity index (χ2v) is 6.56. The third kappa shape index (κ3) is 2.77. The zero-order chi connectivity index (χ0) is 12.5. The maximum absolute atomic E-state index is 3.61. The Labute approximate surface area is 111 Å². The third-order valence-electron chi connectivity index (χ3n) is 4.29. The predicted molar refractivity (Wildman–Crippen MR) is 77.0 cm³/mol. The molecule has 18 heavy (non-hydrogen) atoms. The van der Waals surface area contributed by atoms with Crippen LogP contribution in [0.1, 0.15) is 56.1 Å². The van der Waals surface area contributed by atoms with Crippen molar-refractivity contribution in [2.24, 2.45) is 11.8 Å². The molecule has 1 N–H and O–H groups in total. The van der Waals surface area contributed by atoms with Crippen molar-refractivity contribution in [3.05, 3.63) is 35.4 Å². The Hall–Kier alpha value is -0.820. The molecule has 1 aromatic rings. The van der Waals surface area contributed by atoms with Crippen molar-refractivity contribution in [2.75, 3.05) is 13.1 Å². The van der Waals surface area contributed by atoms with Gasteiger partial charge in [0.1, 0.15) is 0 Å². The fourth-order valence-corrected chi connectivity index (χ4v) is 3.03. The Bertz CT molecular complexity index is 406. The lowest BCUT2D eigenvalue weighted by atomic mass is 9.98. The van der Waals surface area contributed by atoms with Gasteiger partial charge in [-0.05, 0) is 67.2 Å². The van der Waals surface area contributed by atoms with E-state index in [0.29, 0.717) is 0 Å². The molecule has 0 heterocycles. The van der Waals surface area contributed by atoms with Crippen molar-refractivity contribution >= 4 is 0 Å². The first-order chi connectivity index (χ1) is 8.75. The number of hydrogen-bond donors (Lipinski definition) is 1. The largest absolute Gasteiger partial charge is 0.316 e. The van der Waals surface area contributed by atoms with Crippen LogP contribution in [0.2, 0.25) is 0 Å². The summed E-state index contributed by atoms with van der Waals surface area (Å²) in [5.74, 6) is 3.40. The van der Waals surface area contributed by atoms with Crippen molar-refractivity contribution in [3.63, 3.8) is 0 Å². The highest BCUT2D eigenvalue weighted by Crippen LogP contribution is 2.52. The Kier molecular flexibility index (Phi) is 3.43. The fourth-order valence-electron chi connectivity index (χ4n) is 3.03. The minimum Gasteiger partial charge on any atom is -0.316 e. The highest BCUT2D eigenvalue weighted by atomic mass is 14.9. The van der Waals surface area contributed by atoms with E-state index >= 15 is 0 Å². The first-order valence-corrected chi connectivity index (χ1v) is 7.55. The highest BCUT2D eigenvalue weighted by molar-refractivity contribution is 5.39. The van der Waals surface area contributed by atoms with Crippen LogP contribution >= 0.6 is 0 Å². The zero-order valence-electron chi connectivity index (χ0n) is 11.7. The second-order valence-electron chi connectivity index (χ2n) is 6.56. The van der Waals surface area contributed by atoms with Gasteiger partial charge < -0.3 is 5.32 Å². The van der Waals surface area contributed by atoms with E-state index < -0.39 is 0 Å². The van der Waals surface area contributed by atoms with Gasteiger partial charge in [0, 0.05) is 0 Å². The molecule has 2 atom stereocenters. The van der Waals surface area contributed by atoms with Crippen LogP contribution < -0.4 is 5.32 Å². The molecule has 2 unspecified atom stereocenters. The fraction of sp³-hybridized carbons (Fsp3) is 0.647. The van der Waals surface area contributed by atoms with Gasteiger partial charge in [-0.1, -0.05) is 38.1 Å². The van der Waals surface area contributed by atoms with E-state index in [-0.39, 0.29) is 0 Å². The van der Waals surface area contributed by atoms with Gasteiger partial charge in [0.15, 0.2) is 0 Å². The average molecular weight is 243 g/mol. The van der Waals surface area contributed by atoms with Crippen LogP contribution in [0.25, 0.3) is 0 Å². The standard InChI is InChI=1S/C17H25N/c1-12(2)10-18-11-14-9-17(14)16-6-4-3-5-15(16)13-7-8-13/h3-6,12-14,17-18H,7-11H2,1-2H3. The van der Waals surface area contributed by atoms with Crippen LogP contribution in [0.15, 0.2) is 24.3 Å². The van der Waals surface area contributed by atoms with Crippen molar-refractivity contribution in [1.82, 2.24) is 5.32 Å². The number of nitrogens with one attached hydrogen (secondary N) is 1. The molecule has 2 fully saturated rings. The van der Waals surface area contributed by atoms with Gasteiger partial charge in [-0.3, -0.25) is 0 Å². The summed E-state index contributed by atoms with van der Waals surface area (Å²) in [5.41, 5.74) is 3.32. The summed E-state index contributed by atoms with van der Waals surface area (Å²) in [6.07, 6.45) is 4.23. The average Bonchev–Trinajstić information content (AvgIpc) is 3.24. The van der Waals surface area contributed by atoms with Gasteiger partial charge in [-0.15, -0.1) is 0 Å². The molecule has 1 nitrogen and oxygen atoms in total. The van der Waals surface area contributed by atoms with Crippen molar-refractivity contribution < 1.29 is 0 Å². The quantitative estimate of drug-likeness (QED) is 0.798. The molecule has 0 bridgehead atoms. The van der Waals surface area contributed by atoms with E-state index in [1.807, 2.05) is 0 Å². The molecule has 0 aromatic heterocycles. The monoisotopic (exact) mass is 243 g/mol.